The predicted molar refractivity (Wildman–Crippen MR) is 57.6 cm³/mol. The summed E-state index contributed by atoms with van der Waals surface area (Å²) in [4.78, 5) is 12.1. The Morgan fingerprint density at radius 3 is 2.11 bits per heavy atom. The van der Waals surface area contributed by atoms with E-state index in [1.165, 1.54) is 12.1 Å². The van der Waals surface area contributed by atoms with Crippen molar-refractivity contribution < 1.29 is 28.2 Å². The summed E-state index contributed by atoms with van der Waals surface area (Å²) in [5.41, 5.74) is 9.37. The second-order valence-electron chi connectivity index (χ2n) is 2.87. The van der Waals surface area contributed by atoms with E-state index in [9.17, 15) is 13.2 Å². The number of carbonyl (C=O) groups is 1. The van der Waals surface area contributed by atoms with Gasteiger partial charge in [-0.15, -0.1) is 0 Å². The quantitative estimate of drug-likeness (QED) is 0.455. The molecule has 0 saturated carbocycles. The largest absolute Gasteiger partial charge is 0.503 e. The minimum absolute atomic E-state index is 0.0832. The van der Waals surface area contributed by atoms with Gasteiger partial charge < -0.3 is 21.7 Å². The van der Waals surface area contributed by atoms with Crippen molar-refractivity contribution in [2.75, 3.05) is 0 Å². The van der Waals surface area contributed by atoms with Gasteiger partial charge in [0.25, 0.3) is 0 Å². The molecule has 0 aliphatic rings. The van der Waals surface area contributed by atoms with E-state index in [4.69, 9.17) is 26.5 Å². The summed E-state index contributed by atoms with van der Waals surface area (Å²) in [5, 5.41) is 13.9. The van der Waals surface area contributed by atoms with Gasteiger partial charge in [-0.05, 0) is 18.2 Å². The monoisotopic (exact) mass is 265 g/mol. The van der Waals surface area contributed by atoms with Crippen LogP contribution in [0.2, 0.25) is 0 Å². The molecule has 1 aromatic rings. The summed E-state index contributed by atoms with van der Waals surface area (Å²) in [7, 11) is 0. The molecular weight excluding hydrogens is 255 g/mol. The van der Waals surface area contributed by atoms with Crippen LogP contribution in [0.4, 0.5) is 23.7 Å². The van der Waals surface area contributed by atoms with E-state index < -0.39 is 17.9 Å². The lowest BCUT2D eigenvalue weighted by molar-refractivity contribution is -0.137. The van der Waals surface area contributed by atoms with Crippen LogP contribution in [0.25, 0.3) is 0 Å². The van der Waals surface area contributed by atoms with Gasteiger partial charge in [0.05, 0.1) is 11.3 Å². The minimum Gasteiger partial charge on any atom is -0.450 e. The third kappa shape index (κ3) is 6.93. The number of carboxylic acid groups (broad SMARTS) is 2. The zero-order valence-corrected chi connectivity index (χ0v) is 8.85. The zero-order valence-electron chi connectivity index (χ0n) is 8.85. The lowest BCUT2D eigenvalue weighted by Crippen LogP contribution is -2.21. The number of hydrogen-bond donors (Lipinski definition) is 4. The molecule has 0 spiro atoms. The van der Waals surface area contributed by atoms with E-state index in [0.717, 1.165) is 12.1 Å². The van der Waals surface area contributed by atoms with Crippen molar-refractivity contribution in [1.82, 2.24) is 0 Å². The third-order valence-electron chi connectivity index (χ3n) is 1.43. The van der Waals surface area contributed by atoms with Gasteiger partial charge in [-0.3, -0.25) is 0 Å². The number of nitrogens with zero attached hydrogens (tertiary/aromatic N) is 1. The molecule has 0 aliphatic carbocycles. The summed E-state index contributed by atoms with van der Waals surface area (Å²) in [6.07, 6.45) is -6.21. The maximum atomic E-state index is 12.2. The highest BCUT2D eigenvalue weighted by atomic mass is 19.4. The first kappa shape index (κ1) is 15.5. The van der Waals surface area contributed by atoms with Crippen molar-refractivity contribution in [3.8, 4) is 0 Å². The van der Waals surface area contributed by atoms with Crippen LogP contribution in [-0.4, -0.2) is 22.3 Å². The molecule has 0 bridgehead atoms. The van der Waals surface area contributed by atoms with E-state index in [1.54, 1.807) is 0 Å². The van der Waals surface area contributed by atoms with Crippen molar-refractivity contribution in [1.29, 1.82) is 0 Å². The predicted octanol–water partition coefficient (Wildman–Crippen LogP) is 1.83. The van der Waals surface area contributed by atoms with Gasteiger partial charge in [0, 0.05) is 0 Å². The molecule has 1 rings (SSSR count). The van der Waals surface area contributed by atoms with Crippen molar-refractivity contribution in [2.24, 2.45) is 16.5 Å². The van der Waals surface area contributed by atoms with E-state index in [1.807, 2.05) is 0 Å². The summed E-state index contributed by atoms with van der Waals surface area (Å²) in [6, 6.07) is 4.45. The number of nitrogens with two attached hydrogens (primary N) is 2. The zero-order chi connectivity index (χ0) is 14.3. The fourth-order valence-corrected chi connectivity index (χ4v) is 0.901. The summed E-state index contributed by atoms with van der Waals surface area (Å²) in [6.45, 7) is 0. The van der Waals surface area contributed by atoms with E-state index in [-0.39, 0.29) is 11.6 Å². The average Bonchev–Trinajstić information content (AvgIpc) is 2.14. The fourth-order valence-electron chi connectivity index (χ4n) is 0.901. The number of halogens is 3. The second-order valence-corrected chi connectivity index (χ2v) is 2.87. The van der Waals surface area contributed by atoms with Crippen molar-refractivity contribution in [2.45, 2.75) is 6.18 Å². The number of rotatable bonds is 1. The molecular formula is C9H10F3N3O3. The van der Waals surface area contributed by atoms with Gasteiger partial charge in [0.2, 0.25) is 0 Å². The van der Waals surface area contributed by atoms with Gasteiger partial charge in [0.15, 0.2) is 5.96 Å². The SMILES string of the molecule is NC(N)=Nc1cccc(C(F)(F)F)c1.O=C(O)O. The molecule has 0 radical (unpaired) electrons. The van der Waals surface area contributed by atoms with Crippen LogP contribution in [0.15, 0.2) is 29.3 Å². The Hall–Kier alpha value is -2.45. The first-order chi connectivity index (χ1) is 8.12. The highest BCUT2D eigenvalue weighted by molar-refractivity contribution is 5.79. The van der Waals surface area contributed by atoms with E-state index in [0.29, 0.717) is 0 Å². The maximum absolute atomic E-state index is 12.2. The third-order valence-corrected chi connectivity index (χ3v) is 1.43. The highest BCUT2D eigenvalue weighted by Crippen LogP contribution is 2.31. The van der Waals surface area contributed by atoms with E-state index in [2.05, 4.69) is 4.99 Å². The number of alkyl halides is 3. The second kappa shape index (κ2) is 6.33. The standard InChI is InChI=1S/C8H8F3N3.CH2O3/c9-8(10,11)5-2-1-3-6(4-5)14-7(12)13;2-1(3)4/h1-4H,(H4,12,13,14);(H2,2,3,4). The molecule has 6 nitrogen and oxygen atoms in total. The minimum atomic E-state index is -4.38. The molecule has 0 amide bonds. The van der Waals surface area contributed by atoms with Crippen LogP contribution >= 0.6 is 0 Å². The molecule has 0 unspecified atom stereocenters. The topological polar surface area (TPSA) is 122 Å². The Labute approximate surface area is 99.4 Å². The molecule has 0 aliphatic heterocycles. The van der Waals surface area contributed by atoms with E-state index >= 15 is 0 Å². The summed E-state index contributed by atoms with van der Waals surface area (Å²) < 4.78 is 36.6. The number of benzene rings is 1. The van der Waals surface area contributed by atoms with Crippen LogP contribution in [0.5, 0.6) is 0 Å². The normalized spacial score (nSPS) is 9.94. The average molecular weight is 265 g/mol. The highest BCUT2D eigenvalue weighted by Gasteiger charge is 2.30. The first-order valence-corrected chi connectivity index (χ1v) is 4.31. The van der Waals surface area contributed by atoms with Gasteiger partial charge >= 0.3 is 12.3 Å². The fraction of sp³-hybridized carbons (Fsp3) is 0.111. The Morgan fingerprint density at radius 2 is 1.72 bits per heavy atom. The van der Waals surface area contributed by atoms with Gasteiger partial charge in [-0.2, -0.15) is 13.2 Å². The van der Waals surface area contributed by atoms with Crippen LogP contribution in [-0.2, 0) is 6.18 Å². The van der Waals surface area contributed by atoms with Crippen molar-refractivity contribution >= 4 is 17.8 Å². The Kier molecular flexibility index (Phi) is 5.46. The summed E-state index contributed by atoms with van der Waals surface area (Å²) in [5.74, 6) is -0.274. The smallest absolute Gasteiger partial charge is 0.450 e. The maximum Gasteiger partial charge on any atom is 0.503 e. The van der Waals surface area contributed by atoms with Gasteiger partial charge in [-0.1, -0.05) is 6.07 Å². The van der Waals surface area contributed by atoms with Crippen LogP contribution in [0.1, 0.15) is 5.56 Å². The molecule has 0 atom stereocenters. The molecule has 0 saturated heterocycles. The molecule has 9 heteroatoms. The van der Waals surface area contributed by atoms with Gasteiger partial charge in [-0.25, -0.2) is 9.79 Å². The Morgan fingerprint density at radius 1 is 1.22 bits per heavy atom. The lowest BCUT2D eigenvalue weighted by atomic mass is 10.2. The van der Waals surface area contributed by atoms with Crippen LogP contribution < -0.4 is 11.5 Å². The van der Waals surface area contributed by atoms with Crippen molar-refractivity contribution in [3.63, 3.8) is 0 Å². The molecule has 6 N–H and O–H groups in total. The Balaban J connectivity index is 0.000000631. The van der Waals surface area contributed by atoms with Gasteiger partial charge in [0.1, 0.15) is 0 Å². The molecule has 100 valence electrons. The lowest BCUT2D eigenvalue weighted by Gasteiger charge is -2.06. The molecule has 1 aromatic carbocycles. The number of guanidine groups is 1. The molecule has 0 aromatic heterocycles. The number of aliphatic imine (C=N–C) groups is 1. The van der Waals surface area contributed by atoms with Crippen molar-refractivity contribution in [3.05, 3.63) is 29.8 Å². The molecule has 18 heavy (non-hydrogen) atoms. The first-order valence-electron chi connectivity index (χ1n) is 4.31. The molecule has 0 fully saturated rings. The number of hydrogen-bond acceptors (Lipinski definition) is 2. The van der Waals surface area contributed by atoms with Crippen LogP contribution in [0, 0.1) is 0 Å². The Bertz CT molecular complexity index is 438. The van der Waals surface area contributed by atoms with Crippen LogP contribution in [0.3, 0.4) is 0 Å². The molecule has 0 heterocycles. The summed E-state index contributed by atoms with van der Waals surface area (Å²) >= 11 is 0.